The van der Waals surface area contributed by atoms with Crippen LogP contribution < -0.4 is 5.32 Å². The van der Waals surface area contributed by atoms with E-state index in [2.05, 4.69) is 5.32 Å². The van der Waals surface area contributed by atoms with Crippen molar-refractivity contribution in [3.05, 3.63) is 47.8 Å². The molecule has 1 amide bonds. The van der Waals surface area contributed by atoms with Gasteiger partial charge in [0, 0.05) is 30.1 Å². The number of amides is 1. The molecule has 3 rings (SSSR count). The molecule has 0 aliphatic carbocycles. The summed E-state index contributed by atoms with van der Waals surface area (Å²) in [5, 5.41) is 4.45. The molecule has 21 heavy (non-hydrogen) atoms. The van der Waals surface area contributed by atoms with Gasteiger partial charge in [-0.3, -0.25) is 4.79 Å². The highest BCUT2D eigenvalue weighted by atomic mass is 19.1. The third kappa shape index (κ3) is 2.63. The Morgan fingerprint density at radius 1 is 1.14 bits per heavy atom. The zero-order chi connectivity index (χ0) is 14.8. The maximum absolute atomic E-state index is 13.8. The van der Waals surface area contributed by atoms with Crippen LogP contribution in [0.1, 0.15) is 23.2 Å². The minimum absolute atomic E-state index is 0.000697. The number of fused-ring (bicyclic) bond motifs is 1. The molecule has 2 aromatic rings. The molecule has 1 fully saturated rings. The van der Waals surface area contributed by atoms with Crippen molar-refractivity contribution in [2.24, 2.45) is 0 Å². The third-order valence-electron chi connectivity index (χ3n) is 4.29. The van der Waals surface area contributed by atoms with E-state index in [0.717, 1.165) is 25.9 Å². The molecule has 0 spiro atoms. The molecule has 0 bridgehead atoms. The topological polar surface area (TPSA) is 32.3 Å². The highest BCUT2D eigenvalue weighted by Gasteiger charge is 2.24. The third-order valence-corrected chi connectivity index (χ3v) is 4.29. The normalized spacial score (nSPS) is 16.4. The standard InChI is InChI=1S/C17H19FN2O/c1-19-12-8-10-20(11-9-12)17(21)15-6-7-16(18)14-5-3-2-4-13(14)15/h2-7,12,19H,8-11H2,1H3. The van der Waals surface area contributed by atoms with Crippen LogP contribution in [0.4, 0.5) is 4.39 Å². The summed E-state index contributed by atoms with van der Waals surface area (Å²) in [5.41, 5.74) is 0.593. The van der Waals surface area contributed by atoms with Crippen molar-refractivity contribution >= 4 is 16.7 Å². The van der Waals surface area contributed by atoms with E-state index in [4.69, 9.17) is 0 Å². The predicted octanol–water partition coefficient (Wildman–Crippen LogP) is 2.80. The van der Waals surface area contributed by atoms with Crippen molar-refractivity contribution < 1.29 is 9.18 Å². The SMILES string of the molecule is CNC1CCN(C(=O)c2ccc(F)c3ccccc23)CC1. The van der Waals surface area contributed by atoms with Crippen molar-refractivity contribution in [1.29, 1.82) is 0 Å². The Labute approximate surface area is 123 Å². The van der Waals surface area contributed by atoms with Crippen molar-refractivity contribution in [3.63, 3.8) is 0 Å². The number of nitrogens with one attached hydrogen (secondary N) is 1. The first-order chi connectivity index (χ1) is 10.2. The van der Waals surface area contributed by atoms with Gasteiger partial charge >= 0.3 is 0 Å². The number of likely N-dealkylation sites (tertiary alicyclic amines) is 1. The van der Waals surface area contributed by atoms with E-state index in [1.54, 1.807) is 18.2 Å². The molecule has 1 heterocycles. The summed E-state index contributed by atoms with van der Waals surface area (Å²) in [7, 11) is 1.95. The van der Waals surface area contributed by atoms with Crippen LogP contribution in [0.15, 0.2) is 36.4 Å². The van der Waals surface area contributed by atoms with Gasteiger partial charge in [-0.05, 0) is 37.4 Å². The van der Waals surface area contributed by atoms with Crippen molar-refractivity contribution in [2.45, 2.75) is 18.9 Å². The Bertz CT molecular complexity index is 663. The number of piperidine rings is 1. The average molecular weight is 286 g/mol. The smallest absolute Gasteiger partial charge is 0.254 e. The second-order valence-corrected chi connectivity index (χ2v) is 5.50. The number of nitrogens with zero attached hydrogens (tertiary/aromatic N) is 1. The molecule has 0 saturated carbocycles. The first-order valence-electron chi connectivity index (χ1n) is 7.34. The Balaban J connectivity index is 1.90. The van der Waals surface area contributed by atoms with Crippen molar-refractivity contribution in [1.82, 2.24) is 10.2 Å². The van der Waals surface area contributed by atoms with Crippen LogP contribution in [0.2, 0.25) is 0 Å². The van der Waals surface area contributed by atoms with E-state index in [1.807, 2.05) is 24.1 Å². The molecular formula is C17H19FN2O. The molecule has 1 saturated heterocycles. The first-order valence-corrected chi connectivity index (χ1v) is 7.34. The van der Waals surface area contributed by atoms with E-state index >= 15 is 0 Å². The van der Waals surface area contributed by atoms with Gasteiger partial charge in [-0.1, -0.05) is 24.3 Å². The predicted molar refractivity (Wildman–Crippen MR) is 81.9 cm³/mol. The molecule has 0 aromatic heterocycles. The summed E-state index contributed by atoms with van der Waals surface area (Å²) >= 11 is 0. The van der Waals surface area contributed by atoms with Gasteiger partial charge in [0.05, 0.1) is 0 Å². The lowest BCUT2D eigenvalue weighted by Gasteiger charge is -2.32. The van der Waals surface area contributed by atoms with Gasteiger partial charge in [0.1, 0.15) is 5.82 Å². The largest absolute Gasteiger partial charge is 0.339 e. The Hall–Kier alpha value is -1.94. The fourth-order valence-electron chi connectivity index (χ4n) is 2.99. The van der Waals surface area contributed by atoms with Gasteiger partial charge in [0.25, 0.3) is 5.91 Å². The van der Waals surface area contributed by atoms with Crippen LogP contribution >= 0.6 is 0 Å². The molecular weight excluding hydrogens is 267 g/mol. The number of rotatable bonds is 2. The molecule has 1 aliphatic rings. The van der Waals surface area contributed by atoms with Gasteiger partial charge in [-0.2, -0.15) is 0 Å². The lowest BCUT2D eigenvalue weighted by molar-refractivity contribution is 0.0709. The number of hydrogen-bond donors (Lipinski definition) is 1. The quantitative estimate of drug-likeness (QED) is 0.920. The number of hydrogen-bond acceptors (Lipinski definition) is 2. The van der Waals surface area contributed by atoms with Gasteiger partial charge < -0.3 is 10.2 Å². The number of carbonyl (C=O) groups excluding carboxylic acids is 1. The van der Waals surface area contributed by atoms with Crippen LogP contribution in [0.5, 0.6) is 0 Å². The highest BCUT2D eigenvalue weighted by Crippen LogP contribution is 2.24. The zero-order valence-electron chi connectivity index (χ0n) is 12.1. The summed E-state index contributed by atoms with van der Waals surface area (Å²) in [5.74, 6) is -0.281. The summed E-state index contributed by atoms with van der Waals surface area (Å²) in [6.07, 6.45) is 1.92. The van der Waals surface area contributed by atoms with Gasteiger partial charge in [0.2, 0.25) is 0 Å². The van der Waals surface area contributed by atoms with Crippen LogP contribution in [-0.2, 0) is 0 Å². The second-order valence-electron chi connectivity index (χ2n) is 5.50. The fraction of sp³-hybridized carbons (Fsp3) is 0.353. The maximum atomic E-state index is 13.8. The highest BCUT2D eigenvalue weighted by molar-refractivity contribution is 6.07. The van der Waals surface area contributed by atoms with E-state index in [9.17, 15) is 9.18 Å². The molecule has 4 heteroatoms. The first kappa shape index (κ1) is 14.0. The molecule has 110 valence electrons. The molecule has 1 aliphatic heterocycles. The summed E-state index contributed by atoms with van der Waals surface area (Å²) in [6.45, 7) is 1.49. The summed E-state index contributed by atoms with van der Waals surface area (Å²) in [6, 6.07) is 10.6. The van der Waals surface area contributed by atoms with Gasteiger partial charge in [-0.15, -0.1) is 0 Å². The minimum Gasteiger partial charge on any atom is -0.339 e. The molecule has 1 N–H and O–H groups in total. The lowest BCUT2D eigenvalue weighted by Crippen LogP contribution is -2.44. The zero-order valence-corrected chi connectivity index (χ0v) is 12.1. The molecule has 0 unspecified atom stereocenters. The number of benzene rings is 2. The summed E-state index contributed by atoms with van der Waals surface area (Å²) < 4.78 is 13.8. The second kappa shape index (κ2) is 5.82. The Morgan fingerprint density at radius 2 is 1.81 bits per heavy atom. The summed E-state index contributed by atoms with van der Waals surface area (Å²) in [4.78, 5) is 14.6. The Kier molecular flexibility index (Phi) is 3.88. The number of halogens is 1. The van der Waals surface area contributed by atoms with E-state index < -0.39 is 0 Å². The minimum atomic E-state index is -0.281. The monoisotopic (exact) mass is 286 g/mol. The van der Waals surface area contributed by atoms with Crippen molar-refractivity contribution in [2.75, 3.05) is 20.1 Å². The average Bonchev–Trinajstić information content (AvgIpc) is 2.55. The number of carbonyl (C=O) groups is 1. The molecule has 3 nitrogen and oxygen atoms in total. The molecule has 2 aromatic carbocycles. The van der Waals surface area contributed by atoms with Crippen LogP contribution in [0.25, 0.3) is 10.8 Å². The molecule has 0 atom stereocenters. The Morgan fingerprint density at radius 3 is 2.48 bits per heavy atom. The van der Waals surface area contributed by atoms with E-state index in [1.165, 1.54) is 6.07 Å². The maximum Gasteiger partial charge on any atom is 0.254 e. The lowest BCUT2D eigenvalue weighted by atomic mass is 10.0. The van der Waals surface area contributed by atoms with Crippen LogP contribution in [-0.4, -0.2) is 37.0 Å². The van der Waals surface area contributed by atoms with Crippen molar-refractivity contribution in [3.8, 4) is 0 Å². The van der Waals surface area contributed by atoms with E-state index in [-0.39, 0.29) is 11.7 Å². The van der Waals surface area contributed by atoms with Gasteiger partial charge in [-0.25, -0.2) is 4.39 Å². The van der Waals surface area contributed by atoms with Crippen LogP contribution in [0, 0.1) is 5.82 Å². The van der Waals surface area contributed by atoms with Gasteiger partial charge in [0.15, 0.2) is 0 Å². The molecule has 0 radical (unpaired) electrons. The van der Waals surface area contributed by atoms with E-state index in [0.29, 0.717) is 22.4 Å². The van der Waals surface area contributed by atoms with Crippen LogP contribution in [0.3, 0.4) is 0 Å². The fourth-order valence-corrected chi connectivity index (χ4v) is 2.99.